The van der Waals surface area contributed by atoms with Crippen LogP contribution in [0.1, 0.15) is 24.8 Å². The van der Waals surface area contributed by atoms with E-state index in [0.717, 1.165) is 57.8 Å². The number of benzene rings is 1. The van der Waals surface area contributed by atoms with Crippen LogP contribution in [0.15, 0.2) is 24.3 Å². The first-order chi connectivity index (χ1) is 11.7. The molecule has 0 aliphatic carbocycles. The van der Waals surface area contributed by atoms with Crippen molar-refractivity contribution in [3.8, 4) is 0 Å². The van der Waals surface area contributed by atoms with Crippen LogP contribution in [-0.4, -0.2) is 61.3 Å². The molecule has 0 radical (unpaired) electrons. The van der Waals surface area contributed by atoms with Gasteiger partial charge in [-0.25, -0.2) is 9.18 Å². The summed E-state index contributed by atoms with van der Waals surface area (Å²) in [6, 6.07) is 6.57. The van der Waals surface area contributed by atoms with Crippen molar-refractivity contribution < 1.29 is 13.9 Å². The minimum atomic E-state index is -0.273. The van der Waals surface area contributed by atoms with Crippen molar-refractivity contribution in [2.24, 2.45) is 0 Å². The first kappa shape index (κ1) is 17.2. The van der Waals surface area contributed by atoms with Gasteiger partial charge in [0.25, 0.3) is 0 Å². The Morgan fingerprint density at radius 1 is 1.25 bits per heavy atom. The molecule has 0 bridgehead atoms. The molecule has 5 nitrogen and oxygen atoms in total. The lowest BCUT2D eigenvalue weighted by Gasteiger charge is -2.39. The highest BCUT2D eigenvalue weighted by molar-refractivity contribution is 5.74. The maximum absolute atomic E-state index is 13.2. The molecule has 0 saturated carbocycles. The average molecular weight is 335 g/mol. The van der Waals surface area contributed by atoms with Gasteiger partial charge in [-0.2, -0.15) is 0 Å². The largest absolute Gasteiger partial charge is 0.379 e. The van der Waals surface area contributed by atoms with E-state index in [4.69, 9.17) is 4.74 Å². The summed E-state index contributed by atoms with van der Waals surface area (Å²) in [7, 11) is 0. The van der Waals surface area contributed by atoms with Gasteiger partial charge >= 0.3 is 6.03 Å². The number of hydrogen-bond acceptors (Lipinski definition) is 3. The molecule has 1 atom stereocenters. The number of amides is 2. The van der Waals surface area contributed by atoms with E-state index in [9.17, 15) is 9.18 Å². The Hall–Kier alpha value is -1.66. The van der Waals surface area contributed by atoms with E-state index in [1.165, 1.54) is 18.6 Å². The Morgan fingerprint density at radius 2 is 2.08 bits per heavy atom. The molecule has 2 heterocycles. The quantitative estimate of drug-likeness (QED) is 0.918. The van der Waals surface area contributed by atoms with Gasteiger partial charge in [-0.3, -0.25) is 4.90 Å². The Labute approximate surface area is 142 Å². The van der Waals surface area contributed by atoms with Crippen molar-refractivity contribution in [2.45, 2.75) is 31.8 Å². The first-order valence-electron chi connectivity index (χ1n) is 8.81. The lowest BCUT2D eigenvalue weighted by molar-refractivity contribution is 0.0221. The van der Waals surface area contributed by atoms with Crippen molar-refractivity contribution in [2.75, 3.05) is 39.4 Å². The molecule has 2 fully saturated rings. The number of halogens is 1. The van der Waals surface area contributed by atoms with E-state index < -0.39 is 0 Å². The molecule has 6 heteroatoms. The van der Waals surface area contributed by atoms with Crippen molar-refractivity contribution in [1.29, 1.82) is 0 Å². The van der Waals surface area contributed by atoms with Crippen molar-refractivity contribution in [1.82, 2.24) is 15.1 Å². The molecule has 24 heavy (non-hydrogen) atoms. The van der Waals surface area contributed by atoms with Crippen LogP contribution in [0.25, 0.3) is 0 Å². The van der Waals surface area contributed by atoms with E-state index >= 15 is 0 Å². The summed E-state index contributed by atoms with van der Waals surface area (Å²) < 4.78 is 18.6. The van der Waals surface area contributed by atoms with E-state index in [1.807, 2.05) is 11.0 Å². The fourth-order valence-electron chi connectivity index (χ4n) is 3.47. The summed E-state index contributed by atoms with van der Waals surface area (Å²) in [5.74, 6) is -0.273. The topological polar surface area (TPSA) is 44.8 Å². The number of carbonyl (C=O) groups excluding carboxylic acids is 1. The minimum absolute atomic E-state index is 0.0442. The molecular formula is C18H26FN3O2. The summed E-state index contributed by atoms with van der Waals surface area (Å²) in [5.41, 5.74) is 0.782. The number of piperidine rings is 1. The second-order valence-electron chi connectivity index (χ2n) is 6.54. The third-order valence-electron chi connectivity index (χ3n) is 4.79. The van der Waals surface area contributed by atoms with Crippen LogP contribution in [-0.2, 0) is 11.3 Å². The van der Waals surface area contributed by atoms with Crippen molar-refractivity contribution in [3.63, 3.8) is 0 Å². The number of rotatable bonds is 4. The van der Waals surface area contributed by atoms with Gasteiger partial charge < -0.3 is 15.0 Å². The summed E-state index contributed by atoms with van der Waals surface area (Å²) >= 11 is 0. The third-order valence-corrected chi connectivity index (χ3v) is 4.79. The molecule has 2 saturated heterocycles. The Kier molecular flexibility index (Phi) is 6.04. The zero-order valence-electron chi connectivity index (χ0n) is 14.0. The normalized spacial score (nSPS) is 22.4. The Bertz CT molecular complexity index is 549. The highest BCUT2D eigenvalue weighted by atomic mass is 19.1. The number of morpholine rings is 1. The fraction of sp³-hybridized carbons (Fsp3) is 0.611. The highest BCUT2D eigenvalue weighted by Gasteiger charge is 2.28. The van der Waals surface area contributed by atoms with E-state index in [2.05, 4.69) is 10.2 Å². The molecular weight excluding hydrogens is 309 g/mol. The van der Waals surface area contributed by atoms with Crippen LogP contribution in [0.5, 0.6) is 0 Å². The smallest absolute Gasteiger partial charge is 0.317 e. The Morgan fingerprint density at radius 3 is 2.88 bits per heavy atom. The van der Waals surface area contributed by atoms with Crippen molar-refractivity contribution >= 4 is 6.03 Å². The summed E-state index contributed by atoms with van der Waals surface area (Å²) in [6.07, 6.45) is 3.26. The number of urea groups is 1. The van der Waals surface area contributed by atoms with Crippen molar-refractivity contribution in [3.05, 3.63) is 35.6 Å². The SMILES string of the molecule is O=C(NCc1cccc(F)c1)N1CCCC[C@@H]1CN1CCOCC1. The molecule has 2 amide bonds. The van der Waals surface area contributed by atoms with Gasteiger partial charge in [0.15, 0.2) is 0 Å². The molecule has 0 spiro atoms. The number of carbonyl (C=O) groups is 1. The predicted octanol–water partition coefficient (Wildman–Crippen LogP) is 2.22. The van der Waals surface area contributed by atoms with Crippen LogP contribution >= 0.6 is 0 Å². The van der Waals surface area contributed by atoms with Crippen LogP contribution in [0.2, 0.25) is 0 Å². The molecule has 0 aromatic heterocycles. The van der Waals surface area contributed by atoms with Gasteiger partial charge in [-0.15, -0.1) is 0 Å². The molecule has 0 unspecified atom stereocenters. The van der Waals surface area contributed by atoms with Crippen LogP contribution < -0.4 is 5.32 Å². The van der Waals surface area contributed by atoms with Gasteiger partial charge in [0.2, 0.25) is 0 Å². The molecule has 2 aliphatic heterocycles. The van der Waals surface area contributed by atoms with Gasteiger partial charge in [0, 0.05) is 38.8 Å². The van der Waals surface area contributed by atoms with E-state index in [-0.39, 0.29) is 17.9 Å². The molecule has 1 aromatic rings. The zero-order chi connectivity index (χ0) is 16.8. The maximum Gasteiger partial charge on any atom is 0.317 e. The zero-order valence-corrected chi connectivity index (χ0v) is 14.0. The molecule has 3 rings (SSSR count). The minimum Gasteiger partial charge on any atom is -0.379 e. The maximum atomic E-state index is 13.2. The van der Waals surface area contributed by atoms with Gasteiger partial charge in [-0.05, 0) is 37.0 Å². The lowest BCUT2D eigenvalue weighted by Crippen LogP contribution is -2.53. The lowest BCUT2D eigenvalue weighted by atomic mass is 10.0. The standard InChI is InChI=1S/C18H26FN3O2/c19-16-5-3-4-15(12-16)13-20-18(23)22-7-2-1-6-17(22)14-21-8-10-24-11-9-21/h3-5,12,17H,1-2,6-11,13-14H2,(H,20,23)/t17-/m1/s1. The number of hydrogen-bond donors (Lipinski definition) is 1. The monoisotopic (exact) mass is 335 g/mol. The number of nitrogens with zero attached hydrogens (tertiary/aromatic N) is 2. The van der Waals surface area contributed by atoms with Gasteiger partial charge in [0.1, 0.15) is 5.82 Å². The van der Waals surface area contributed by atoms with Crippen LogP contribution in [0.4, 0.5) is 9.18 Å². The summed E-state index contributed by atoms with van der Waals surface area (Å²) in [4.78, 5) is 16.9. The molecule has 2 aliphatic rings. The predicted molar refractivity (Wildman–Crippen MR) is 90.2 cm³/mol. The molecule has 132 valence electrons. The summed E-state index contributed by atoms with van der Waals surface area (Å²) in [6.45, 7) is 5.50. The van der Waals surface area contributed by atoms with Gasteiger partial charge in [-0.1, -0.05) is 12.1 Å². The number of ether oxygens (including phenoxy) is 1. The molecule has 1 N–H and O–H groups in total. The first-order valence-corrected chi connectivity index (χ1v) is 8.81. The Balaban J connectivity index is 1.54. The summed E-state index contributed by atoms with van der Waals surface area (Å²) in [5, 5.41) is 2.94. The highest BCUT2D eigenvalue weighted by Crippen LogP contribution is 2.19. The third kappa shape index (κ3) is 4.68. The fourth-order valence-corrected chi connectivity index (χ4v) is 3.47. The van der Waals surface area contributed by atoms with Crippen LogP contribution in [0.3, 0.4) is 0 Å². The molecule has 1 aromatic carbocycles. The van der Waals surface area contributed by atoms with E-state index in [0.29, 0.717) is 6.54 Å². The second-order valence-corrected chi connectivity index (χ2v) is 6.54. The van der Waals surface area contributed by atoms with E-state index in [1.54, 1.807) is 6.07 Å². The average Bonchev–Trinajstić information content (AvgIpc) is 2.61. The number of nitrogens with one attached hydrogen (secondary N) is 1. The second kappa shape index (κ2) is 8.44. The van der Waals surface area contributed by atoms with Crippen LogP contribution in [0, 0.1) is 5.82 Å². The number of likely N-dealkylation sites (tertiary alicyclic amines) is 1. The van der Waals surface area contributed by atoms with Gasteiger partial charge in [0.05, 0.1) is 13.2 Å².